The summed E-state index contributed by atoms with van der Waals surface area (Å²) in [6.07, 6.45) is 4.31. The van der Waals surface area contributed by atoms with Gasteiger partial charge in [0.1, 0.15) is 5.01 Å². The first kappa shape index (κ1) is 14.5. The van der Waals surface area contributed by atoms with Gasteiger partial charge in [0.15, 0.2) is 0 Å². The molecule has 0 spiro atoms. The molecule has 1 aromatic carbocycles. The highest BCUT2D eigenvalue weighted by molar-refractivity contribution is 7.13. The van der Waals surface area contributed by atoms with Crippen LogP contribution in [-0.2, 0) is 0 Å². The van der Waals surface area contributed by atoms with Gasteiger partial charge in [0.05, 0.1) is 0 Å². The second-order valence-corrected chi connectivity index (χ2v) is 6.86. The average Bonchev–Trinajstić information content (AvgIpc) is 3.02. The van der Waals surface area contributed by atoms with Gasteiger partial charge in [0.2, 0.25) is 0 Å². The summed E-state index contributed by atoms with van der Waals surface area (Å²) >= 11 is 1.69. The highest BCUT2D eigenvalue weighted by atomic mass is 32.1. The molecular weight excluding hydrogens is 278 g/mol. The van der Waals surface area contributed by atoms with E-state index in [0.29, 0.717) is 12.1 Å². The van der Waals surface area contributed by atoms with Crippen LogP contribution in [0, 0.1) is 0 Å². The van der Waals surface area contributed by atoms with Crippen molar-refractivity contribution in [2.24, 2.45) is 0 Å². The SMILES string of the molecule is CC(C)N1CCC(Nc2cccc(-c3nccs3)c2)CC1. The van der Waals surface area contributed by atoms with E-state index in [1.165, 1.54) is 37.2 Å². The van der Waals surface area contributed by atoms with Crippen molar-refractivity contribution in [3.63, 3.8) is 0 Å². The monoisotopic (exact) mass is 301 g/mol. The molecule has 1 N–H and O–H groups in total. The van der Waals surface area contributed by atoms with Crippen LogP contribution in [0.5, 0.6) is 0 Å². The van der Waals surface area contributed by atoms with Gasteiger partial charge >= 0.3 is 0 Å². The minimum atomic E-state index is 0.589. The molecule has 2 aromatic rings. The van der Waals surface area contributed by atoms with Crippen molar-refractivity contribution in [2.45, 2.75) is 38.8 Å². The lowest BCUT2D eigenvalue weighted by molar-refractivity contribution is 0.177. The number of thiazole rings is 1. The fraction of sp³-hybridized carbons (Fsp3) is 0.471. The third-order valence-electron chi connectivity index (χ3n) is 4.17. The Morgan fingerprint density at radius 3 is 2.76 bits per heavy atom. The van der Waals surface area contributed by atoms with Crippen LogP contribution in [0.1, 0.15) is 26.7 Å². The summed E-state index contributed by atoms with van der Waals surface area (Å²) < 4.78 is 0. The van der Waals surface area contributed by atoms with Gasteiger partial charge in [-0.3, -0.25) is 0 Å². The zero-order chi connectivity index (χ0) is 14.7. The lowest BCUT2D eigenvalue weighted by Gasteiger charge is -2.35. The summed E-state index contributed by atoms with van der Waals surface area (Å²) in [5.74, 6) is 0. The van der Waals surface area contributed by atoms with Crippen molar-refractivity contribution in [1.29, 1.82) is 0 Å². The number of hydrogen-bond donors (Lipinski definition) is 1. The van der Waals surface area contributed by atoms with Crippen LogP contribution in [0.3, 0.4) is 0 Å². The molecule has 1 aliphatic rings. The molecule has 0 unspecified atom stereocenters. The number of nitrogens with one attached hydrogen (secondary N) is 1. The summed E-state index contributed by atoms with van der Waals surface area (Å²) in [7, 11) is 0. The molecule has 21 heavy (non-hydrogen) atoms. The van der Waals surface area contributed by atoms with E-state index >= 15 is 0 Å². The van der Waals surface area contributed by atoms with Gasteiger partial charge in [0, 0.05) is 48.0 Å². The van der Waals surface area contributed by atoms with E-state index in [9.17, 15) is 0 Å². The van der Waals surface area contributed by atoms with Gasteiger partial charge in [-0.15, -0.1) is 11.3 Å². The number of anilines is 1. The van der Waals surface area contributed by atoms with Gasteiger partial charge in [0.25, 0.3) is 0 Å². The molecule has 1 aromatic heterocycles. The van der Waals surface area contributed by atoms with Crippen molar-refractivity contribution in [1.82, 2.24) is 9.88 Å². The molecule has 0 amide bonds. The Bertz CT molecular complexity index is 557. The Morgan fingerprint density at radius 1 is 1.29 bits per heavy atom. The molecule has 3 nitrogen and oxygen atoms in total. The van der Waals surface area contributed by atoms with Crippen LogP contribution in [0.15, 0.2) is 35.8 Å². The maximum absolute atomic E-state index is 4.39. The molecule has 0 bridgehead atoms. The lowest BCUT2D eigenvalue weighted by atomic mass is 10.0. The molecule has 1 saturated heterocycles. The maximum atomic E-state index is 4.39. The first-order valence-corrected chi connectivity index (χ1v) is 8.61. The maximum Gasteiger partial charge on any atom is 0.123 e. The van der Waals surface area contributed by atoms with Crippen LogP contribution < -0.4 is 5.32 Å². The summed E-state index contributed by atoms with van der Waals surface area (Å²) in [5, 5.41) is 6.81. The van der Waals surface area contributed by atoms with E-state index in [-0.39, 0.29) is 0 Å². The molecule has 3 rings (SSSR count). The van der Waals surface area contributed by atoms with Crippen molar-refractivity contribution in [2.75, 3.05) is 18.4 Å². The third-order valence-corrected chi connectivity index (χ3v) is 4.99. The molecule has 4 heteroatoms. The standard InChI is InChI=1S/C17H23N3S/c1-13(2)20-9-6-15(7-10-20)19-16-5-3-4-14(12-16)17-18-8-11-21-17/h3-5,8,11-13,15,19H,6-7,9-10H2,1-2H3. The van der Waals surface area contributed by atoms with Crippen molar-refractivity contribution < 1.29 is 0 Å². The summed E-state index contributed by atoms with van der Waals surface area (Å²) in [4.78, 5) is 6.95. The average molecular weight is 301 g/mol. The van der Waals surface area contributed by atoms with E-state index in [1.54, 1.807) is 11.3 Å². The first-order chi connectivity index (χ1) is 10.2. The van der Waals surface area contributed by atoms with Gasteiger partial charge in [-0.25, -0.2) is 4.98 Å². The Labute approximate surface area is 131 Å². The Kier molecular flexibility index (Phi) is 4.56. The normalized spacial score (nSPS) is 17.3. The number of benzene rings is 1. The number of aromatic nitrogens is 1. The number of likely N-dealkylation sites (tertiary alicyclic amines) is 1. The van der Waals surface area contributed by atoms with Gasteiger partial charge in [-0.1, -0.05) is 12.1 Å². The van der Waals surface area contributed by atoms with Crippen molar-refractivity contribution in [3.05, 3.63) is 35.8 Å². The number of nitrogens with zero attached hydrogens (tertiary/aromatic N) is 2. The van der Waals surface area contributed by atoms with E-state index in [4.69, 9.17) is 0 Å². The zero-order valence-electron chi connectivity index (χ0n) is 12.7. The fourth-order valence-corrected chi connectivity index (χ4v) is 3.54. The zero-order valence-corrected chi connectivity index (χ0v) is 13.6. The fourth-order valence-electron chi connectivity index (χ4n) is 2.90. The number of rotatable bonds is 4. The Morgan fingerprint density at radius 2 is 2.10 bits per heavy atom. The molecular formula is C17H23N3S. The largest absolute Gasteiger partial charge is 0.382 e. The summed E-state index contributed by atoms with van der Waals surface area (Å²) in [6.45, 7) is 6.96. The Hall–Kier alpha value is -1.39. The van der Waals surface area contributed by atoms with Crippen LogP contribution >= 0.6 is 11.3 Å². The van der Waals surface area contributed by atoms with E-state index in [2.05, 4.69) is 53.3 Å². The topological polar surface area (TPSA) is 28.2 Å². The van der Waals surface area contributed by atoms with E-state index < -0.39 is 0 Å². The molecule has 2 heterocycles. The van der Waals surface area contributed by atoms with Crippen LogP contribution in [-0.4, -0.2) is 35.1 Å². The molecule has 0 saturated carbocycles. The predicted octanol–water partition coefficient (Wildman–Crippen LogP) is 4.09. The smallest absolute Gasteiger partial charge is 0.123 e. The molecule has 0 aliphatic carbocycles. The number of piperidine rings is 1. The highest BCUT2D eigenvalue weighted by Crippen LogP contribution is 2.25. The summed E-state index contributed by atoms with van der Waals surface area (Å²) in [5.41, 5.74) is 2.42. The van der Waals surface area contributed by atoms with Gasteiger partial charge < -0.3 is 10.2 Å². The minimum absolute atomic E-state index is 0.589. The van der Waals surface area contributed by atoms with Crippen LogP contribution in [0.4, 0.5) is 5.69 Å². The minimum Gasteiger partial charge on any atom is -0.382 e. The number of hydrogen-bond acceptors (Lipinski definition) is 4. The highest BCUT2D eigenvalue weighted by Gasteiger charge is 2.20. The van der Waals surface area contributed by atoms with E-state index in [0.717, 1.165) is 5.01 Å². The predicted molar refractivity (Wildman–Crippen MR) is 90.9 cm³/mol. The molecule has 0 atom stereocenters. The molecule has 0 radical (unpaired) electrons. The van der Waals surface area contributed by atoms with Crippen molar-refractivity contribution >= 4 is 17.0 Å². The van der Waals surface area contributed by atoms with Gasteiger partial charge in [-0.05, 0) is 38.8 Å². The Balaban J connectivity index is 1.62. The quantitative estimate of drug-likeness (QED) is 0.921. The first-order valence-electron chi connectivity index (χ1n) is 7.73. The van der Waals surface area contributed by atoms with Crippen molar-refractivity contribution in [3.8, 4) is 10.6 Å². The molecule has 1 aliphatic heterocycles. The third kappa shape index (κ3) is 3.63. The molecule has 112 valence electrons. The van der Waals surface area contributed by atoms with Gasteiger partial charge in [-0.2, -0.15) is 0 Å². The second-order valence-electron chi connectivity index (χ2n) is 5.97. The molecule has 1 fully saturated rings. The van der Waals surface area contributed by atoms with E-state index in [1.807, 2.05) is 11.6 Å². The second kappa shape index (κ2) is 6.58. The van der Waals surface area contributed by atoms with Crippen LogP contribution in [0.25, 0.3) is 10.6 Å². The lowest BCUT2D eigenvalue weighted by Crippen LogP contribution is -2.42. The van der Waals surface area contributed by atoms with Crippen LogP contribution in [0.2, 0.25) is 0 Å². The summed E-state index contributed by atoms with van der Waals surface area (Å²) in [6, 6.07) is 9.87.